The molecule has 2 heterocycles. The van der Waals surface area contributed by atoms with Crippen LogP contribution < -0.4 is 5.73 Å². The lowest BCUT2D eigenvalue weighted by Crippen LogP contribution is -2.37. The summed E-state index contributed by atoms with van der Waals surface area (Å²) in [7, 11) is 1.67. The third-order valence-electron chi connectivity index (χ3n) is 5.08. The Morgan fingerprint density at radius 3 is 2.79 bits per heavy atom. The first-order valence-electron chi connectivity index (χ1n) is 9.00. The number of rotatable bonds is 1. The average molecular weight is 372 g/mol. The Kier molecular flexibility index (Phi) is 4.25. The molecule has 6 nitrogen and oxygen atoms in total. The molecule has 1 aliphatic heterocycles. The van der Waals surface area contributed by atoms with Crippen molar-refractivity contribution in [1.29, 1.82) is 0 Å². The van der Waals surface area contributed by atoms with Crippen LogP contribution in [0.3, 0.4) is 0 Å². The van der Waals surface area contributed by atoms with Gasteiger partial charge >= 0.3 is 0 Å². The number of nitrogens with zero attached hydrogens (tertiary/aromatic N) is 3. The maximum absolute atomic E-state index is 12.1. The second kappa shape index (κ2) is 6.63. The van der Waals surface area contributed by atoms with E-state index < -0.39 is 5.60 Å². The monoisotopic (exact) mass is 372 g/mol. The van der Waals surface area contributed by atoms with Gasteiger partial charge in [-0.05, 0) is 47.9 Å². The maximum atomic E-state index is 12.1. The molecule has 0 bridgehead atoms. The molecule has 0 saturated carbocycles. The third kappa shape index (κ3) is 3.06. The highest BCUT2D eigenvalue weighted by atomic mass is 16.3. The molecule has 3 N–H and O–H groups in total. The second-order valence-corrected chi connectivity index (χ2v) is 7.12. The largest absolute Gasteiger partial charge is 0.383 e. The van der Waals surface area contributed by atoms with Crippen LogP contribution in [0.15, 0.2) is 42.7 Å². The second-order valence-electron chi connectivity index (χ2n) is 7.12. The van der Waals surface area contributed by atoms with E-state index in [1.807, 2.05) is 43.3 Å². The lowest BCUT2D eigenvalue weighted by Gasteiger charge is -2.13. The van der Waals surface area contributed by atoms with E-state index >= 15 is 0 Å². The van der Waals surface area contributed by atoms with Gasteiger partial charge in [0.25, 0.3) is 5.91 Å². The van der Waals surface area contributed by atoms with Crippen LogP contribution in [0.4, 0.5) is 5.82 Å². The molecule has 2 aromatic carbocycles. The third-order valence-corrected chi connectivity index (χ3v) is 5.08. The number of aromatic nitrogens is 2. The van der Waals surface area contributed by atoms with E-state index in [4.69, 9.17) is 5.73 Å². The van der Waals surface area contributed by atoms with Crippen molar-refractivity contribution >= 4 is 22.6 Å². The summed E-state index contributed by atoms with van der Waals surface area (Å²) in [6.07, 6.45) is 1.78. The van der Waals surface area contributed by atoms with Gasteiger partial charge in [0.2, 0.25) is 5.60 Å². The minimum absolute atomic E-state index is 0.318. The normalized spacial score (nSPS) is 19.0. The van der Waals surface area contributed by atoms with E-state index in [1.54, 1.807) is 7.05 Å². The quantitative estimate of drug-likeness (QED) is 0.639. The number of likely N-dealkylation sites (tertiary alicyclic amines) is 1. The van der Waals surface area contributed by atoms with Gasteiger partial charge in [0.05, 0.1) is 5.52 Å². The van der Waals surface area contributed by atoms with Crippen molar-refractivity contribution in [3.8, 4) is 23.0 Å². The summed E-state index contributed by atoms with van der Waals surface area (Å²) in [5.41, 5.74) is 8.92. The van der Waals surface area contributed by atoms with E-state index in [-0.39, 0.29) is 5.91 Å². The van der Waals surface area contributed by atoms with Crippen molar-refractivity contribution in [3.63, 3.8) is 0 Å². The number of nitrogen functional groups attached to an aromatic ring is 1. The molecule has 0 radical (unpaired) electrons. The predicted molar refractivity (Wildman–Crippen MR) is 108 cm³/mol. The molecular weight excluding hydrogens is 352 g/mol. The Hall–Kier alpha value is -3.43. The Morgan fingerprint density at radius 1 is 1.21 bits per heavy atom. The molecule has 140 valence electrons. The molecule has 1 fully saturated rings. The summed E-state index contributed by atoms with van der Waals surface area (Å²) in [5.74, 6) is 5.80. The zero-order valence-electron chi connectivity index (χ0n) is 15.7. The molecule has 0 aliphatic carbocycles. The number of amides is 1. The van der Waals surface area contributed by atoms with Crippen LogP contribution in [0.5, 0.6) is 0 Å². The van der Waals surface area contributed by atoms with Gasteiger partial charge in [-0.2, -0.15) is 0 Å². The summed E-state index contributed by atoms with van der Waals surface area (Å²) in [4.78, 5) is 22.0. The zero-order valence-corrected chi connectivity index (χ0v) is 15.7. The van der Waals surface area contributed by atoms with Gasteiger partial charge < -0.3 is 15.7 Å². The van der Waals surface area contributed by atoms with Gasteiger partial charge in [-0.3, -0.25) is 4.79 Å². The lowest BCUT2D eigenvalue weighted by molar-refractivity contribution is -0.137. The molecule has 0 unspecified atom stereocenters. The number of carbonyl (C=O) groups is 1. The molecule has 6 heteroatoms. The molecule has 3 aromatic rings. The lowest BCUT2D eigenvalue weighted by atomic mass is 9.98. The van der Waals surface area contributed by atoms with Gasteiger partial charge in [0, 0.05) is 31.0 Å². The fraction of sp³-hybridized carbons (Fsp3) is 0.227. The summed E-state index contributed by atoms with van der Waals surface area (Å²) in [6.45, 7) is 2.49. The fourth-order valence-corrected chi connectivity index (χ4v) is 3.45. The van der Waals surface area contributed by atoms with Crippen molar-refractivity contribution in [3.05, 3.63) is 53.9 Å². The van der Waals surface area contributed by atoms with Crippen LogP contribution in [0.25, 0.3) is 22.0 Å². The molecular formula is C22H20N4O2. The smallest absolute Gasteiger partial charge is 0.267 e. The summed E-state index contributed by atoms with van der Waals surface area (Å²) in [5, 5.41) is 11.3. The van der Waals surface area contributed by atoms with Crippen molar-refractivity contribution in [2.24, 2.45) is 0 Å². The number of aryl methyl sites for hydroxylation is 1. The Balaban J connectivity index is 1.73. The Bertz CT molecular complexity index is 1160. The topological polar surface area (TPSA) is 92.3 Å². The van der Waals surface area contributed by atoms with Gasteiger partial charge in [-0.15, -0.1) is 0 Å². The van der Waals surface area contributed by atoms with Crippen molar-refractivity contribution in [1.82, 2.24) is 14.9 Å². The van der Waals surface area contributed by atoms with E-state index in [2.05, 4.69) is 21.8 Å². The van der Waals surface area contributed by atoms with Crippen LogP contribution in [-0.4, -0.2) is 45.1 Å². The van der Waals surface area contributed by atoms with Crippen LogP contribution in [-0.2, 0) is 4.79 Å². The van der Waals surface area contributed by atoms with Crippen LogP contribution in [0.2, 0.25) is 0 Å². The van der Waals surface area contributed by atoms with Gasteiger partial charge in [0.1, 0.15) is 12.1 Å². The molecule has 0 spiro atoms. The van der Waals surface area contributed by atoms with Crippen LogP contribution in [0.1, 0.15) is 17.5 Å². The highest BCUT2D eigenvalue weighted by Gasteiger charge is 2.42. The number of hydrogen-bond donors (Lipinski definition) is 2. The van der Waals surface area contributed by atoms with E-state index in [0.29, 0.717) is 18.8 Å². The Morgan fingerprint density at radius 2 is 2.04 bits per heavy atom. The van der Waals surface area contributed by atoms with Gasteiger partial charge in [-0.25, -0.2) is 9.97 Å². The number of likely N-dealkylation sites (N-methyl/N-ethyl adjacent to an activating group) is 1. The SMILES string of the molecule is Cc1cc(-c2cccc(C#C[C@@]3(O)CCN(C)C3=O)c2)cc2c(N)ncnc12. The molecule has 1 atom stereocenters. The molecule has 4 rings (SSSR count). The average Bonchev–Trinajstić information content (AvgIpc) is 2.95. The first kappa shape index (κ1) is 18.0. The van der Waals surface area contributed by atoms with Crippen molar-refractivity contribution in [2.45, 2.75) is 18.9 Å². The van der Waals surface area contributed by atoms with E-state index in [1.165, 1.54) is 11.2 Å². The van der Waals surface area contributed by atoms with Gasteiger partial charge in [-0.1, -0.05) is 24.0 Å². The standard InChI is InChI=1S/C22H20N4O2/c1-14-10-17(12-18-19(14)24-13-25-20(18)23)16-5-3-4-15(11-16)6-7-22(28)8-9-26(2)21(22)27/h3-5,10-13,28H,8-9H2,1-2H3,(H2,23,24,25)/t22-/m1/s1. The number of aliphatic hydroxyl groups is 1. The highest BCUT2D eigenvalue weighted by Crippen LogP contribution is 2.29. The maximum Gasteiger partial charge on any atom is 0.267 e. The predicted octanol–water partition coefficient (Wildman–Crippen LogP) is 2.13. The summed E-state index contributed by atoms with van der Waals surface area (Å²) >= 11 is 0. The number of benzene rings is 2. The number of anilines is 1. The van der Waals surface area contributed by atoms with Crippen molar-refractivity contribution in [2.75, 3.05) is 19.3 Å². The summed E-state index contributed by atoms with van der Waals surface area (Å²) < 4.78 is 0. The minimum Gasteiger partial charge on any atom is -0.383 e. The van der Waals surface area contributed by atoms with Crippen molar-refractivity contribution < 1.29 is 9.90 Å². The number of nitrogens with two attached hydrogens (primary N) is 1. The van der Waals surface area contributed by atoms with Gasteiger partial charge in [0.15, 0.2) is 0 Å². The summed E-state index contributed by atoms with van der Waals surface area (Å²) in [6, 6.07) is 11.7. The first-order chi connectivity index (χ1) is 13.4. The highest BCUT2D eigenvalue weighted by molar-refractivity contribution is 5.94. The minimum atomic E-state index is -1.60. The molecule has 1 saturated heterocycles. The number of carbonyl (C=O) groups excluding carboxylic acids is 1. The van der Waals surface area contributed by atoms with E-state index in [0.717, 1.165) is 33.2 Å². The van der Waals surface area contributed by atoms with E-state index in [9.17, 15) is 9.90 Å². The molecule has 1 aliphatic rings. The zero-order chi connectivity index (χ0) is 19.9. The fourth-order valence-electron chi connectivity index (χ4n) is 3.45. The van der Waals surface area contributed by atoms with Crippen LogP contribution >= 0.6 is 0 Å². The van der Waals surface area contributed by atoms with Crippen LogP contribution in [0, 0.1) is 18.8 Å². The molecule has 1 aromatic heterocycles. The number of hydrogen-bond acceptors (Lipinski definition) is 5. The Labute approximate surface area is 163 Å². The molecule has 28 heavy (non-hydrogen) atoms. The first-order valence-corrected chi connectivity index (χ1v) is 9.00. The molecule has 1 amide bonds. The number of fused-ring (bicyclic) bond motifs is 1.